The van der Waals surface area contributed by atoms with Gasteiger partial charge in [0, 0.05) is 6.04 Å². The molecule has 122 valence electrons. The monoisotopic (exact) mass is 305 g/mol. The number of benzene rings is 1. The Hall–Kier alpha value is -1.88. The van der Waals surface area contributed by atoms with E-state index in [0.717, 1.165) is 6.42 Å². The summed E-state index contributed by atoms with van der Waals surface area (Å²) in [5, 5.41) is 5.45. The molecule has 0 heterocycles. The molecule has 1 aromatic rings. The Morgan fingerprint density at radius 2 is 1.82 bits per heavy atom. The van der Waals surface area contributed by atoms with Gasteiger partial charge in [-0.15, -0.1) is 0 Å². The van der Waals surface area contributed by atoms with Crippen LogP contribution >= 0.6 is 0 Å². The van der Waals surface area contributed by atoms with E-state index in [4.69, 9.17) is 5.73 Å². The number of hydrogen-bond donors (Lipinski definition) is 3. The largest absolute Gasteiger partial charge is 0.352 e. The van der Waals surface area contributed by atoms with Crippen LogP contribution in [-0.4, -0.2) is 30.4 Å². The van der Waals surface area contributed by atoms with Crippen molar-refractivity contribution in [3.63, 3.8) is 0 Å². The maximum Gasteiger partial charge on any atom is 0.239 e. The first-order chi connectivity index (χ1) is 10.3. The third kappa shape index (κ3) is 5.85. The minimum absolute atomic E-state index is 0.00396. The van der Waals surface area contributed by atoms with Crippen LogP contribution in [-0.2, 0) is 16.0 Å². The standard InChI is InChI=1S/C17H27N3O2/c1-11(2)16(18)17(22)19-10-15(21)20-13(4)9-14-8-6-5-7-12(14)3/h5-8,11,13,16H,9-10,18H2,1-4H3,(H,19,22)(H,20,21)/t13?,16-/m0/s1. The highest BCUT2D eigenvalue weighted by Gasteiger charge is 2.18. The van der Waals surface area contributed by atoms with Gasteiger partial charge in [-0.25, -0.2) is 0 Å². The van der Waals surface area contributed by atoms with Crippen molar-refractivity contribution < 1.29 is 9.59 Å². The lowest BCUT2D eigenvalue weighted by Gasteiger charge is -2.17. The predicted molar refractivity (Wildman–Crippen MR) is 88.3 cm³/mol. The average Bonchev–Trinajstić information content (AvgIpc) is 2.46. The van der Waals surface area contributed by atoms with Crippen molar-refractivity contribution in [3.05, 3.63) is 35.4 Å². The normalized spacial score (nSPS) is 13.5. The number of nitrogens with one attached hydrogen (secondary N) is 2. The minimum atomic E-state index is -0.586. The third-order valence-corrected chi connectivity index (χ3v) is 3.64. The molecular weight excluding hydrogens is 278 g/mol. The molecule has 5 nitrogen and oxygen atoms in total. The summed E-state index contributed by atoms with van der Waals surface area (Å²) >= 11 is 0. The Kier molecular flexibility index (Phi) is 7.05. The maximum atomic E-state index is 11.9. The lowest BCUT2D eigenvalue weighted by Crippen LogP contribution is -2.48. The van der Waals surface area contributed by atoms with Gasteiger partial charge < -0.3 is 16.4 Å². The molecular formula is C17H27N3O2. The molecule has 2 atom stereocenters. The summed E-state index contributed by atoms with van der Waals surface area (Å²) in [5.74, 6) is -0.454. The average molecular weight is 305 g/mol. The third-order valence-electron chi connectivity index (χ3n) is 3.64. The van der Waals surface area contributed by atoms with Crippen molar-refractivity contribution in [2.24, 2.45) is 11.7 Å². The molecule has 0 aliphatic heterocycles. The second-order valence-electron chi connectivity index (χ2n) is 6.09. The van der Waals surface area contributed by atoms with Gasteiger partial charge in [0.2, 0.25) is 11.8 Å². The number of amides is 2. The van der Waals surface area contributed by atoms with Gasteiger partial charge in [0.05, 0.1) is 12.6 Å². The molecule has 1 aromatic carbocycles. The van der Waals surface area contributed by atoms with E-state index in [1.807, 2.05) is 32.9 Å². The fourth-order valence-electron chi connectivity index (χ4n) is 2.13. The first-order valence-electron chi connectivity index (χ1n) is 7.68. The molecule has 0 spiro atoms. The van der Waals surface area contributed by atoms with Gasteiger partial charge in [0.1, 0.15) is 0 Å². The Morgan fingerprint density at radius 3 is 2.41 bits per heavy atom. The fourth-order valence-corrected chi connectivity index (χ4v) is 2.13. The van der Waals surface area contributed by atoms with E-state index in [1.54, 1.807) is 0 Å². The molecule has 0 radical (unpaired) electrons. The summed E-state index contributed by atoms with van der Waals surface area (Å²) in [4.78, 5) is 23.6. The van der Waals surface area contributed by atoms with Crippen molar-refractivity contribution in [3.8, 4) is 0 Å². The van der Waals surface area contributed by atoms with E-state index in [2.05, 4.69) is 29.7 Å². The minimum Gasteiger partial charge on any atom is -0.352 e. The molecule has 1 rings (SSSR count). The molecule has 0 saturated carbocycles. The van der Waals surface area contributed by atoms with Crippen LogP contribution in [0.25, 0.3) is 0 Å². The molecule has 2 amide bonds. The Labute approximate surface area is 132 Å². The van der Waals surface area contributed by atoms with Crippen LogP contribution in [0, 0.1) is 12.8 Å². The maximum absolute atomic E-state index is 11.9. The molecule has 22 heavy (non-hydrogen) atoms. The van der Waals surface area contributed by atoms with Crippen molar-refractivity contribution in [1.82, 2.24) is 10.6 Å². The van der Waals surface area contributed by atoms with Crippen LogP contribution in [0.4, 0.5) is 0 Å². The van der Waals surface area contributed by atoms with Gasteiger partial charge in [-0.2, -0.15) is 0 Å². The smallest absolute Gasteiger partial charge is 0.239 e. The number of rotatable bonds is 7. The molecule has 0 aliphatic rings. The van der Waals surface area contributed by atoms with Gasteiger partial charge in [-0.3, -0.25) is 9.59 Å². The van der Waals surface area contributed by atoms with E-state index in [9.17, 15) is 9.59 Å². The highest BCUT2D eigenvalue weighted by Crippen LogP contribution is 2.09. The summed E-state index contributed by atoms with van der Waals surface area (Å²) in [5.41, 5.74) is 8.14. The van der Waals surface area contributed by atoms with Crippen molar-refractivity contribution in [2.75, 3.05) is 6.54 Å². The van der Waals surface area contributed by atoms with Crippen LogP contribution in [0.3, 0.4) is 0 Å². The molecule has 0 fully saturated rings. The number of carbonyl (C=O) groups is 2. The van der Waals surface area contributed by atoms with Gasteiger partial charge in [0.15, 0.2) is 0 Å². The van der Waals surface area contributed by atoms with Gasteiger partial charge in [-0.1, -0.05) is 38.1 Å². The zero-order chi connectivity index (χ0) is 16.7. The lowest BCUT2D eigenvalue weighted by atomic mass is 10.0. The van der Waals surface area contributed by atoms with Crippen molar-refractivity contribution in [1.29, 1.82) is 0 Å². The van der Waals surface area contributed by atoms with E-state index in [0.29, 0.717) is 0 Å². The molecule has 0 aliphatic carbocycles. The van der Waals surface area contributed by atoms with E-state index >= 15 is 0 Å². The second-order valence-corrected chi connectivity index (χ2v) is 6.09. The molecule has 0 bridgehead atoms. The summed E-state index contributed by atoms with van der Waals surface area (Å²) in [6, 6.07) is 7.51. The summed E-state index contributed by atoms with van der Waals surface area (Å²) < 4.78 is 0. The van der Waals surface area contributed by atoms with E-state index in [1.165, 1.54) is 11.1 Å². The number of aryl methyl sites for hydroxylation is 1. The quantitative estimate of drug-likeness (QED) is 0.706. The zero-order valence-electron chi connectivity index (χ0n) is 13.8. The number of hydrogen-bond acceptors (Lipinski definition) is 3. The molecule has 0 aromatic heterocycles. The lowest BCUT2D eigenvalue weighted by molar-refractivity contribution is -0.127. The highest BCUT2D eigenvalue weighted by molar-refractivity contribution is 5.87. The van der Waals surface area contributed by atoms with E-state index < -0.39 is 6.04 Å². The zero-order valence-corrected chi connectivity index (χ0v) is 13.8. The fraction of sp³-hybridized carbons (Fsp3) is 0.529. The Bertz CT molecular complexity index is 514. The predicted octanol–water partition coefficient (Wildman–Crippen LogP) is 1.14. The summed E-state index contributed by atoms with van der Waals surface area (Å²) in [6.07, 6.45) is 0.762. The van der Waals surface area contributed by atoms with Gasteiger partial charge in [-0.05, 0) is 37.3 Å². The Balaban J connectivity index is 2.39. The van der Waals surface area contributed by atoms with Crippen molar-refractivity contribution >= 4 is 11.8 Å². The molecule has 5 heteroatoms. The highest BCUT2D eigenvalue weighted by atomic mass is 16.2. The first kappa shape index (κ1) is 18.2. The number of carbonyl (C=O) groups excluding carboxylic acids is 2. The topological polar surface area (TPSA) is 84.2 Å². The second kappa shape index (κ2) is 8.54. The van der Waals surface area contributed by atoms with Gasteiger partial charge >= 0.3 is 0 Å². The molecule has 0 saturated heterocycles. The van der Waals surface area contributed by atoms with Gasteiger partial charge in [0.25, 0.3) is 0 Å². The Morgan fingerprint density at radius 1 is 1.18 bits per heavy atom. The van der Waals surface area contributed by atoms with Crippen LogP contribution in [0.1, 0.15) is 31.9 Å². The van der Waals surface area contributed by atoms with Crippen LogP contribution < -0.4 is 16.4 Å². The van der Waals surface area contributed by atoms with Crippen molar-refractivity contribution in [2.45, 2.75) is 46.2 Å². The van der Waals surface area contributed by atoms with Crippen LogP contribution in [0.2, 0.25) is 0 Å². The van der Waals surface area contributed by atoms with E-state index in [-0.39, 0.29) is 30.3 Å². The number of nitrogens with two attached hydrogens (primary N) is 1. The van der Waals surface area contributed by atoms with Crippen LogP contribution in [0.15, 0.2) is 24.3 Å². The first-order valence-corrected chi connectivity index (χ1v) is 7.68. The summed E-state index contributed by atoms with van der Waals surface area (Å²) in [6.45, 7) is 7.70. The molecule has 4 N–H and O–H groups in total. The SMILES string of the molecule is Cc1ccccc1CC(C)NC(=O)CNC(=O)[C@@H](N)C(C)C. The van der Waals surface area contributed by atoms with Crippen LogP contribution in [0.5, 0.6) is 0 Å². The summed E-state index contributed by atoms with van der Waals surface area (Å²) in [7, 11) is 0. The molecule has 1 unspecified atom stereocenters.